The van der Waals surface area contributed by atoms with Gasteiger partial charge in [-0.25, -0.2) is 4.98 Å². The number of fused-ring (bicyclic) bond motifs is 1. The van der Waals surface area contributed by atoms with Crippen LogP contribution in [-0.4, -0.2) is 22.5 Å². The topological polar surface area (TPSA) is 55.3 Å². The fraction of sp³-hybridized carbons (Fsp3) is 0.136. The highest BCUT2D eigenvalue weighted by atomic mass is 32.1. The lowest BCUT2D eigenvalue weighted by atomic mass is 10.3. The van der Waals surface area contributed by atoms with Crippen LogP contribution in [0, 0.1) is 0 Å². The standard InChI is InChI=1S/C22H19N3O2S/c26-21(13-15-27-18-9-2-1-3-10-18)25(16-17-8-6-7-14-23-17)22-24-19-11-4-5-12-20(19)28-22/h1-12,14H,13,15-16H2. The number of hydrogen-bond acceptors (Lipinski definition) is 5. The SMILES string of the molecule is O=C(CCOc1ccccc1)N(Cc1ccccn1)c1nc2ccccc2s1. The van der Waals surface area contributed by atoms with Crippen molar-refractivity contribution < 1.29 is 9.53 Å². The van der Waals surface area contributed by atoms with Gasteiger partial charge in [0.25, 0.3) is 0 Å². The highest BCUT2D eigenvalue weighted by molar-refractivity contribution is 7.22. The van der Waals surface area contributed by atoms with Crippen LogP contribution in [0.3, 0.4) is 0 Å². The molecule has 2 aromatic heterocycles. The fourth-order valence-corrected chi connectivity index (χ4v) is 3.78. The molecule has 0 N–H and O–H groups in total. The number of pyridine rings is 1. The molecule has 0 saturated heterocycles. The lowest BCUT2D eigenvalue weighted by Gasteiger charge is -2.19. The summed E-state index contributed by atoms with van der Waals surface area (Å²) in [7, 11) is 0. The van der Waals surface area contributed by atoms with Crippen LogP contribution in [0.5, 0.6) is 5.75 Å². The van der Waals surface area contributed by atoms with Crippen LogP contribution >= 0.6 is 11.3 Å². The molecule has 0 spiro atoms. The Morgan fingerprint density at radius 3 is 2.54 bits per heavy atom. The lowest BCUT2D eigenvalue weighted by Crippen LogP contribution is -2.31. The van der Waals surface area contributed by atoms with Crippen molar-refractivity contribution in [3.05, 3.63) is 84.7 Å². The monoisotopic (exact) mass is 389 g/mol. The van der Waals surface area contributed by atoms with Crippen LogP contribution < -0.4 is 9.64 Å². The molecular formula is C22H19N3O2S. The third-order valence-corrected chi connectivity index (χ3v) is 5.25. The molecule has 5 nitrogen and oxygen atoms in total. The number of amides is 1. The van der Waals surface area contributed by atoms with E-state index >= 15 is 0 Å². The van der Waals surface area contributed by atoms with Gasteiger partial charge in [-0.05, 0) is 36.4 Å². The van der Waals surface area contributed by atoms with Gasteiger partial charge in [0.05, 0.1) is 35.5 Å². The smallest absolute Gasteiger partial charge is 0.232 e. The van der Waals surface area contributed by atoms with Crippen molar-refractivity contribution in [3.63, 3.8) is 0 Å². The summed E-state index contributed by atoms with van der Waals surface area (Å²) in [4.78, 5) is 23.7. The van der Waals surface area contributed by atoms with E-state index in [2.05, 4.69) is 9.97 Å². The van der Waals surface area contributed by atoms with Crippen molar-refractivity contribution >= 4 is 32.6 Å². The summed E-state index contributed by atoms with van der Waals surface area (Å²) in [6.07, 6.45) is 1.99. The Hall–Kier alpha value is -3.25. The van der Waals surface area contributed by atoms with Crippen LogP contribution in [-0.2, 0) is 11.3 Å². The van der Waals surface area contributed by atoms with E-state index in [1.54, 1.807) is 11.1 Å². The summed E-state index contributed by atoms with van der Waals surface area (Å²) in [5.41, 5.74) is 1.71. The van der Waals surface area contributed by atoms with Gasteiger partial charge in [-0.15, -0.1) is 0 Å². The van der Waals surface area contributed by atoms with Crippen molar-refractivity contribution in [1.29, 1.82) is 0 Å². The van der Waals surface area contributed by atoms with Gasteiger partial charge in [0.2, 0.25) is 5.91 Å². The molecule has 0 unspecified atom stereocenters. The molecule has 4 rings (SSSR count). The highest BCUT2D eigenvalue weighted by Gasteiger charge is 2.20. The Morgan fingerprint density at radius 2 is 1.75 bits per heavy atom. The number of hydrogen-bond donors (Lipinski definition) is 0. The Balaban J connectivity index is 1.52. The molecule has 0 bridgehead atoms. The van der Waals surface area contributed by atoms with Crippen molar-refractivity contribution in [2.24, 2.45) is 0 Å². The van der Waals surface area contributed by atoms with Crippen molar-refractivity contribution in [1.82, 2.24) is 9.97 Å². The third kappa shape index (κ3) is 4.35. The average Bonchev–Trinajstić information content (AvgIpc) is 3.17. The first kappa shape index (κ1) is 18.1. The number of benzene rings is 2. The Labute approximate surface area is 167 Å². The first-order valence-electron chi connectivity index (χ1n) is 9.03. The van der Waals surface area contributed by atoms with E-state index in [0.29, 0.717) is 18.3 Å². The zero-order valence-electron chi connectivity index (χ0n) is 15.2. The molecule has 28 heavy (non-hydrogen) atoms. The quantitative estimate of drug-likeness (QED) is 0.460. The molecule has 2 heterocycles. The minimum atomic E-state index is -0.0411. The predicted molar refractivity (Wildman–Crippen MR) is 112 cm³/mol. The van der Waals surface area contributed by atoms with Gasteiger partial charge in [-0.1, -0.05) is 47.7 Å². The van der Waals surface area contributed by atoms with Crippen LogP contribution in [0.25, 0.3) is 10.2 Å². The summed E-state index contributed by atoms with van der Waals surface area (Å²) in [5, 5.41) is 0.677. The Morgan fingerprint density at radius 1 is 0.964 bits per heavy atom. The van der Waals surface area contributed by atoms with E-state index in [0.717, 1.165) is 21.7 Å². The second-order valence-electron chi connectivity index (χ2n) is 6.18. The van der Waals surface area contributed by atoms with Gasteiger partial charge in [-0.3, -0.25) is 14.7 Å². The molecule has 140 valence electrons. The second-order valence-corrected chi connectivity index (χ2v) is 7.19. The number of carbonyl (C=O) groups is 1. The molecule has 6 heteroatoms. The molecule has 0 fully saturated rings. The van der Waals surface area contributed by atoms with Gasteiger partial charge in [-0.2, -0.15) is 0 Å². The van der Waals surface area contributed by atoms with E-state index in [-0.39, 0.29) is 12.3 Å². The zero-order valence-corrected chi connectivity index (χ0v) is 16.0. The van der Waals surface area contributed by atoms with E-state index in [9.17, 15) is 4.79 Å². The molecular weight excluding hydrogens is 370 g/mol. The third-order valence-electron chi connectivity index (χ3n) is 4.19. The van der Waals surface area contributed by atoms with Crippen molar-refractivity contribution in [2.45, 2.75) is 13.0 Å². The van der Waals surface area contributed by atoms with E-state index in [4.69, 9.17) is 4.74 Å². The molecule has 0 aliphatic rings. The van der Waals surface area contributed by atoms with Gasteiger partial charge in [0.1, 0.15) is 5.75 Å². The normalized spacial score (nSPS) is 10.7. The van der Waals surface area contributed by atoms with E-state index < -0.39 is 0 Å². The highest BCUT2D eigenvalue weighted by Crippen LogP contribution is 2.30. The Kier molecular flexibility index (Phi) is 5.58. The average molecular weight is 389 g/mol. The maximum absolute atomic E-state index is 13.0. The fourth-order valence-electron chi connectivity index (χ4n) is 2.80. The Bertz CT molecular complexity index is 1020. The maximum Gasteiger partial charge on any atom is 0.232 e. The van der Waals surface area contributed by atoms with E-state index in [1.165, 1.54) is 11.3 Å². The van der Waals surface area contributed by atoms with Gasteiger partial charge < -0.3 is 4.74 Å². The molecule has 4 aromatic rings. The second kappa shape index (κ2) is 8.63. The summed E-state index contributed by atoms with van der Waals surface area (Å²) < 4.78 is 6.74. The number of ether oxygens (including phenoxy) is 1. The number of nitrogens with zero attached hydrogens (tertiary/aromatic N) is 3. The van der Waals surface area contributed by atoms with Gasteiger partial charge >= 0.3 is 0 Å². The molecule has 0 atom stereocenters. The number of thiazole rings is 1. The van der Waals surface area contributed by atoms with Crippen LogP contribution in [0.15, 0.2) is 79.0 Å². The summed E-state index contributed by atoms with van der Waals surface area (Å²) in [5.74, 6) is 0.715. The molecule has 0 aliphatic heterocycles. The van der Waals surface area contributed by atoms with Crippen molar-refractivity contribution in [3.8, 4) is 5.75 Å². The molecule has 1 amide bonds. The number of carbonyl (C=O) groups excluding carboxylic acids is 1. The largest absolute Gasteiger partial charge is 0.493 e. The summed E-state index contributed by atoms with van der Waals surface area (Å²) >= 11 is 1.51. The first-order chi connectivity index (χ1) is 13.8. The van der Waals surface area contributed by atoms with Crippen LogP contribution in [0.2, 0.25) is 0 Å². The minimum Gasteiger partial charge on any atom is -0.493 e. The molecule has 0 aliphatic carbocycles. The van der Waals surface area contributed by atoms with Crippen molar-refractivity contribution in [2.75, 3.05) is 11.5 Å². The summed E-state index contributed by atoms with van der Waals surface area (Å²) in [6, 6.07) is 23.1. The summed E-state index contributed by atoms with van der Waals surface area (Å²) in [6.45, 7) is 0.692. The number of para-hydroxylation sites is 2. The number of aromatic nitrogens is 2. The van der Waals surface area contributed by atoms with Crippen LogP contribution in [0.1, 0.15) is 12.1 Å². The van der Waals surface area contributed by atoms with Gasteiger partial charge in [0, 0.05) is 6.20 Å². The first-order valence-corrected chi connectivity index (χ1v) is 9.85. The molecule has 0 saturated carbocycles. The predicted octanol–water partition coefficient (Wildman–Crippen LogP) is 4.69. The number of anilines is 1. The molecule has 0 radical (unpaired) electrons. The zero-order chi connectivity index (χ0) is 19.2. The maximum atomic E-state index is 13.0. The molecule has 2 aromatic carbocycles. The van der Waals surface area contributed by atoms with E-state index in [1.807, 2.05) is 72.8 Å². The minimum absolute atomic E-state index is 0.0411. The van der Waals surface area contributed by atoms with Gasteiger partial charge in [0.15, 0.2) is 5.13 Å². The number of rotatable bonds is 7. The van der Waals surface area contributed by atoms with Crippen LogP contribution in [0.4, 0.5) is 5.13 Å². The lowest BCUT2D eigenvalue weighted by molar-refractivity contribution is -0.119.